The fourth-order valence-corrected chi connectivity index (χ4v) is 2.93. The van der Waals surface area contributed by atoms with Crippen molar-refractivity contribution in [3.8, 4) is 17.2 Å². The zero-order valence-corrected chi connectivity index (χ0v) is 17.3. The minimum absolute atomic E-state index is 0.0778. The average molecular weight is 438 g/mol. The van der Waals surface area contributed by atoms with Gasteiger partial charge in [0.1, 0.15) is 12.4 Å². The van der Waals surface area contributed by atoms with E-state index in [9.17, 15) is 4.79 Å². The smallest absolute Gasteiger partial charge is 0.259 e. The van der Waals surface area contributed by atoms with Crippen molar-refractivity contribution in [1.82, 2.24) is 5.43 Å². The quantitative estimate of drug-likeness (QED) is 0.407. The zero-order valence-electron chi connectivity index (χ0n) is 16.5. The van der Waals surface area contributed by atoms with Crippen LogP contribution in [-0.2, 0) is 11.4 Å². The summed E-state index contributed by atoms with van der Waals surface area (Å²) >= 11 is 5.88. The van der Waals surface area contributed by atoms with Crippen LogP contribution < -0.4 is 25.0 Å². The Labute approximate surface area is 184 Å². The van der Waals surface area contributed by atoms with Gasteiger partial charge < -0.3 is 19.5 Å². The molecule has 1 amide bonds. The molecule has 0 aromatic heterocycles. The molecule has 1 aliphatic rings. The van der Waals surface area contributed by atoms with Crippen LogP contribution >= 0.6 is 11.6 Å². The third-order valence-corrected chi connectivity index (χ3v) is 4.68. The Kier molecular flexibility index (Phi) is 6.54. The van der Waals surface area contributed by atoms with Gasteiger partial charge in [-0.2, -0.15) is 5.10 Å². The first kappa shape index (κ1) is 20.6. The number of hydrazone groups is 1. The third-order valence-electron chi connectivity index (χ3n) is 4.43. The average Bonchev–Trinajstić information content (AvgIpc) is 3.26. The predicted molar refractivity (Wildman–Crippen MR) is 119 cm³/mol. The summed E-state index contributed by atoms with van der Waals surface area (Å²) in [4.78, 5) is 12.0. The second-order valence-corrected chi connectivity index (χ2v) is 7.14. The van der Waals surface area contributed by atoms with E-state index in [2.05, 4.69) is 15.8 Å². The van der Waals surface area contributed by atoms with E-state index in [1.165, 1.54) is 0 Å². The predicted octanol–water partition coefficient (Wildman–Crippen LogP) is 4.21. The Morgan fingerprint density at radius 1 is 1.03 bits per heavy atom. The first-order valence-corrected chi connectivity index (χ1v) is 9.96. The Hall–Kier alpha value is -3.71. The molecule has 0 saturated heterocycles. The van der Waals surface area contributed by atoms with Crippen LogP contribution in [-0.4, -0.2) is 25.5 Å². The second-order valence-electron chi connectivity index (χ2n) is 6.70. The molecule has 3 aromatic rings. The van der Waals surface area contributed by atoms with Gasteiger partial charge in [0.05, 0.1) is 12.8 Å². The lowest BCUT2D eigenvalue weighted by Gasteiger charge is -2.07. The van der Waals surface area contributed by atoms with Gasteiger partial charge in [-0.05, 0) is 59.7 Å². The molecule has 4 rings (SSSR count). The van der Waals surface area contributed by atoms with E-state index in [0.29, 0.717) is 23.1 Å². The van der Waals surface area contributed by atoms with Crippen molar-refractivity contribution in [2.45, 2.75) is 6.61 Å². The first-order chi connectivity index (χ1) is 15.2. The number of amides is 1. The summed E-state index contributed by atoms with van der Waals surface area (Å²) in [6, 6.07) is 20.3. The number of ether oxygens (including phenoxy) is 3. The summed E-state index contributed by atoms with van der Waals surface area (Å²) in [5.74, 6) is 1.82. The van der Waals surface area contributed by atoms with Crippen molar-refractivity contribution in [3.63, 3.8) is 0 Å². The van der Waals surface area contributed by atoms with E-state index in [1.54, 1.807) is 18.3 Å². The molecule has 1 heterocycles. The number of rotatable bonds is 8. The second kappa shape index (κ2) is 9.86. The highest BCUT2D eigenvalue weighted by molar-refractivity contribution is 6.30. The molecule has 2 N–H and O–H groups in total. The maximum atomic E-state index is 12.0. The van der Waals surface area contributed by atoms with Crippen molar-refractivity contribution in [2.24, 2.45) is 5.10 Å². The molecule has 0 saturated carbocycles. The van der Waals surface area contributed by atoms with Crippen LogP contribution in [0, 0.1) is 0 Å². The van der Waals surface area contributed by atoms with Crippen LogP contribution in [0.5, 0.6) is 17.2 Å². The SMILES string of the molecule is O=C(CNc1ccc2c(c1)OCO2)N/N=C\c1ccc(OCc2ccc(Cl)cc2)cc1. The fraction of sp³-hybridized carbons (Fsp3) is 0.130. The lowest BCUT2D eigenvalue weighted by molar-refractivity contribution is -0.119. The molecule has 0 radical (unpaired) electrons. The topological polar surface area (TPSA) is 81.2 Å². The van der Waals surface area contributed by atoms with Gasteiger partial charge in [0.15, 0.2) is 11.5 Å². The highest BCUT2D eigenvalue weighted by Gasteiger charge is 2.13. The van der Waals surface area contributed by atoms with Gasteiger partial charge in [-0.25, -0.2) is 5.43 Å². The summed E-state index contributed by atoms with van der Waals surface area (Å²) in [6.45, 7) is 0.745. The Bertz CT molecular complexity index is 1070. The number of halogens is 1. The van der Waals surface area contributed by atoms with E-state index in [0.717, 1.165) is 22.6 Å². The van der Waals surface area contributed by atoms with Crippen LogP contribution in [0.15, 0.2) is 71.8 Å². The van der Waals surface area contributed by atoms with E-state index in [4.69, 9.17) is 25.8 Å². The molecule has 0 bridgehead atoms. The van der Waals surface area contributed by atoms with E-state index < -0.39 is 0 Å². The molecule has 0 atom stereocenters. The molecule has 8 heteroatoms. The lowest BCUT2D eigenvalue weighted by atomic mass is 10.2. The highest BCUT2D eigenvalue weighted by atomic mass is 35.5. The molecule has 3 aromatic carbocycles. The molecule has 0 spiro atoms. The van der Waals surface area contributed by atoms with Crippen molar-refractivity contribution in [2.75, 3.05) is 18.7 Å². The lowest BCUT2D eigenvalue weighted by Crippen LogP contribution is -2.25. The largest absolute Gasteiger partial charge is 0.489 e. The highest BCUT2D eigenvalue weighted by Crippen LogP contribution is 2.34. The number of anilines is 1. The van der Waals surface area contributed by atoms with Gasteiger partial charge in [0.25, 0.3) is 5.91 Å². The summed E-state index contributed by atoms with van der Waals surface area (Å²) in [6.07, 6.45) is 1.57. The number of carbonyl (C=O) groups excluding carboxylic acids is 1. The van der Waals surface area contributed by atoms with Gasteiger partial charge in [-0.15, -0.1) is 0 Å². The summed E-state index contributed by atoms with van der Waals surface area (Å²) in [7, 11) is 0. The van der Waals surface area contributed by atoms with Gasteiger partial charge >= 0.3 is 0 Å². The number of carbonyl (C=O) groups is 1. The number of benzene rings is 3. The number of nitrogens with zero attached hydrogens (tertiary/aromatic N) is 1. The van der Waals surface area contributed by atoms with Crippen molar-refractivity contribution in [3.05, 3.63) is 82.9 Å². The van der Waals surface area contributed by atoms with Gasteiger partial charge in [-0.1, -0.05) is 23.7 Å². The number of nitrogens with one attached hydrogen (secondary N) is 2. The normalized spacial score (nSPS) is 12.0. The molecular weight excluding hydrogens is 418 g/mol. The monoisotopic (exact) mass is 437 g/mol. The zero-order chi connectivity index (χ0) is 21.5. The van der Waals surface area contributed by atoms with Crippen molar-refractivity contribution >= 4 is 29.4 Å². The van der Waals surface area contributed by atoms with Crippen LogP contribution in [0.2, 0.25) is 5.02 Å². The number of hydrogen-bond acceptors (Lipinski definition) is 6. The number of hydrogen-bond donors (Lipinski definition) is 2. The number of fused-ring (bicyclic) bond motifs is 1. The molecule has 0 unspecified atom stereocenters. The molecule has 1 aliphatic heterocycles. The van der Waals surface area contributed by atoms with Gasteiger partial charge in [0, 0.05) is 16.8 Å². The van der Waals surface area contributed by atoms with Crippen LogP contribution in [0.25, 0.3) is 0 Å². The molecule has 158 valence electrons. The van der Waals surface area contributed by atoms with E-state index in [-0.39, 0.29) is 19.2 Å². The summed E-state index contributed by atoms with van der Waals surface area (Å²) in [5, 5.41) is 7.69. The molecule has 0 fully saturated rings. The maximum Gasteiger partial charge on any atom is 0.259 e. The summed E-state index contributed by atoms with van der Waals surface area (Å²) < 4.78 is 16.3. The maximum absolute atomic E-state index is 12.0. The minimum atomic E-state index is -0.267. The molecule has 0 aliphatic carbocycles. The molecular formula is C23H20ClN3O4. The van der Waals surface area contributed by atoms with Crippen LogP contribution in [0.4, 0.5) is 5.69 Å². The van der Waals surface area contributed by atoms with Crippen LogP contribution in [0.3, 0.4) is 0 Å². The Balaban J connectivity index is 1.20. The summed E-state index contributed by atoms with van der Waals surface area (Å²) in [5.41, 5.74) is 5.12. The first-order valence-electron chi connectivity index (χ1n) is 9.58. The third kappa shape index (κ3) is 5.90. The van der Waals surface area contributed by atoms with E-state index >= 15 is 0 Å². The molecule has 7 nitrogen and oxygen atoms in total. The Morgan fingerprint density at radius 3 is 2.61 bits per heavy atom. The fourth-order valence-electron chi connectivity index (χ4n) is 2.80. The van der Waals surface area contributed by atoms with Gasteiger partial charge in [-0.3, -0.25) is 4.79 Å². The van der Waals surface area contributed by atoms with Gasteiger partial charge in [0.2, 0.25) is 6.79 Å². The molecule has 31 heavy (non-hydrogen) atoms. The van der Waals surface area contributed by atoms with Crippen LogP contribution in [0.1, 0.15) is 11.1 Å². The van der Waals surface area contributed by atoms with Crippen molar-refractivity contribution < 1.29 is 19.0 Å². The standard InChI is InChI=1S/C23H20ClN3O4/c24-18-5-1-17(2-6-18)14-29-20-8-3-16(4-9-20)12-26-27-23(28)13-25-19-7-10-21-22(11-19)31-15-30-21/h1-12,25H,13-15H2,(H,27,28)/b26-12-. The van der Waals surface area contributed by atoms with Crippen molar-refractivity contribution in [1.29, 1.82) is 0 Å². The van der Waals surface area contributed by atoms with E-state index in [1.807, 2.05) is 54.6 Å². The minimum Gasteiger partial charge on any atom is -0.489 e. The Morgan fingerprint density at radius 2 is 1.81 bits per heavy atom.